The number of hydrazine groups is 1. The molecule has 0 bridgehead atoms. The van der Waals surface area contributed by atoms with E-state index in [0.717, 1.165) is 43.0 Å². The summed E-state index contributed by atoms with van der Waals surface area (Å²) >= 11 is 0. The molecule has 3 rings (SSSR count). The van der Waals surface area contributed by atoms with Crippen molar-refractivity contribution in [2.24, 2.45) is 16.6 Å². The number of aromatic nitrogens is 1. The molecule has 0 unspecified atom stereocenters. The van der Waals surface area contributed by atoms with Crippen molar-refractivity contribution in [3.63, 3.8) is 0 Å². The number of aliphatic imine (C=N–C) groups is 1. The smallest absolute Gasteiger partial charge is 0.165 e. The third-order valence-corrected chi connectivity index (χ3v) is 4.75. The lowest BCUT2D eigenvalue weighted by Gasteiger charge is -2.28. The van der Waals surface area contributed by atoms with Gasteiger partial charge in [-0.2, -0.15) is 0 Å². The van der Waals surface area contributed by atoms with Gasteiger partial charge in [-0.05, 0) is 41.1 Å². The molecule has 29 heavy (non-hydrogen) atoms. The fourth-order valence-corrected chi connectivity index (χ4v) is 3.16. The van der Waals surface area contributed by atoms with Crippen LogP contribution in [-0.2, 0) is 17.7 Å². The number of allylic oxidation sites excluding steroid dienone is 1. The zero-order chi connectivity index (χ0) is 20.6. The van der Waals surface area contributed by atoms with Gasteiger partial charge in [0.2, 0.25) is 0 Å². The van der Waals surface area contributed by atoms with E-state index in [1.165, 1.54) is 11.9 Å². The first kappa shape index (κ1) is 20.4. The Kier molecular flexibility index (Phi) is 6.88. The highest BCUT2D eigenvalue weighted by Gasteiger charge is 2.11. The van der Waals surface area contributed by atoms with Crippen LogP contribution in [0.1, 0.15) is 11.1 Å². The summed E-state index contributed by atoms with van der Waals surface area (Å²) in [5.41, 5.74) is 24.5. The van der Waals surface area contributed by atoms with Crippen molar-refractivity contribution in [2.45, 2.75) is 13.0 Å². The minimum Gasteiger partial charge on any atom is -0.404 e. The van der Waals surface area contributed by atoms with Gasteiger partial charge in [0.25, 0.3) is 0 Å². The maximum absolute atomic E-state index is 6.08. The van der Waals surface area contributed by atoms with Crippen LogP contribution in [0.4, 0.5) is 23.0 Å². The highest BCUT2D eigenvalue weighted by molar-refractivity contribution is 5.80. The molecule has 2 heterocycles. The van der Waals surface area contributed by atoms with Gasteiger partial charge in [0.15, 0.2) is 5.82 Å². The Morgan fingerprint density at radius 1 is 1.21 bits per heavy atom. The second kappa shape index (κ2) is 9.76. The van der Waals surface area contributed by atoms with E-state index >= 15 is 0 Å². The molecule has 0 amide bonds. The number of hydrogen-bond donors (Lipinski definition) is 5. The number of rotatable bonds is 7. The van der Waals surface area contributed by atoms with Gasteiger partial charge < -0.3 is 32.3 Å². The largest absolute Gasteiger partial charge is 0.404 e. The first-order chi connectivity index (χ1) is 14.1. The summed E-state index contributed by atoms with van der Waals surface area (Å²) in [4.78, 5) is 10.9. The molecule has 1 aliphatic rings. The van der Waals surface area contributed by atoms with E-state index in [9.17, 15) is 0 Å². The molecule has 1 aliphatic heterocycles. The SMILES string of the molecule is NC=C(C=NCc1ccc(N2CCOCC2)cc1)Cc1cc(N)nc(NN)c1N. The standard InChI is InChI=1S/C20H28N8O/c21-11-15(9-16-10-18(22)26-20(27-24)19(16)23)13-25-12-14-1-3-17(4-2-14)28-5-7-29-8-6-28/h1-4,10-11,13H,5-9,12,21,23-24H2,(H3,22,26,27). The average Bonchev–Trinajstić information content (AvgIpc) is 2.76. The van der Waals surface area contributed by atoms with E-state index in [-0.39, 0.29) is 0 Å². The third kappa shape index (κ3) is 5.37. The van der Waals surface area contributed by atoms with Gasteiger partial charge in [-0.1, -0.05) is 12.1 Å². The lowest BCUT2D eigenvalue weighted by molar-refractivity contribution is 0.122. The number of morpholine rings is 1. The molecule has 0 radical (unpaired) electrons. The number of nitrogen functional groups attached to an aromatic ring is 3. The molecule has 1 aromatic heterocycles. The van der Waals surface area contributed by atoms with Gasteiger partial charge >= 0.3 is 0 Å². The van der Waals surface area contributed by atoms with E-state index in [2.05, 4.69) is 44.6 Å². The number of benzene rings is 1. The molecule has 9 N–H and O–H groups in total. The van der Waals surface area contributed by atoms with Crippen LogP contribution in [0.15, 0.2) is 47.1 Å². The zero-order valence-corrected chi connectivity index (χ0v) is 16.3. The fraction of sp³-hybridized carbons (Fsp3) is 0.300. The van der Waals surface area contributed by atoms with E-state index in [0.29, 0.717) is 30.3 Å². The van der Waals surface area contributed by atoms with Crippen molar-refractivity contribution in [2.75, 3.05) is 48.1 Å². The van der Waals surface area contributed by atoms with Crippen molar-refractivity contribution >= 4 is 29.2 Å². The third-order valence-electron chi connectivity index (χ3n) is 4.75. The number of nitrogens with one attached hydrogen (secondary N) is 1. The molecule has 1 saturated heterocycles. The predicted octanol–water partition coefficient (Wildman–Crippen LogP) is 1.02. The van der Waals surface area contributed by atoms with Crippen LogP contribution in [0.25, 0.3) is 0 Å². The average molecular weight is 396 g/mol. The van der Waals surface area contributed by atoms with Crippen LogP contribution in [0.2, 0.25) is 0 Å². The fourth-order valence-electron chi connectivity index (χ4n) is 3.16. The minimum absolute atomic E-state index is 0.329. The maximum atomic E-state index is 6.08. The normalized spacial score (nSPS) is 15.1. The lowest BCUT2D eigenvalue weighted by Crippen LogP contribution is -2.36. The number of nitrogens with two attached hydrogens (primary N) is 4. The Bertz CT molecular complexity index is 873. The molecule has 2 aromatic rings. The van der Waals surface area contributed by atoms with Crippen LogP contribution in [0.5, 0.6) is 0 Å². The van der Waals surface area contributed by atoms with Crippen LogP contribution >= 0.6 is 0 Å². The molecule has 9 nitrogen and oxygen atoms in total. The molecule has 0 atom stereocenters. The minimum atomic E-state index is 0.329. The second-order valence-electron chi connectivity index (χ2n) is 6.77. The molecule has 1 aromatic carbocycles. The summed E-state index contributed by atoms with van der Waals surface area (Å²) in [7, 11) is 0. The van der Waals surface area contributed by atoms with Gasteiger partial charge in [0.05, 0.1) is 25.4 Å². The number of ether oxygens (including phenoxy) is 1. The molecular formula is C20H28N8O. The predicted molar refractivity (Wildman–Crippen MR) is 119 cm³/mol. The van der Waals surface area contributed by atoms with Crippen molar-refractivity contribution in [3.05, 3.63) is 53.2 Å². The Balaban J connectivity index is 1.61. The second-order valence-corrected chi connectivity index (χ2v) is 6.77. The van der Waals surface area contributed by atoms with Crippen LogP contribution < -0.4 is 33.4 Å². The topological polar surface area (TPSA) is 154 Å². The first-order valence-electron chi connectivity index (χ1n) is 9.44. The Morgan fingerprint density at radius 3 is 2.59 bits per heavy atom. The first-order valence-corrected chi connectivity index (χ1v) is 9.44. The summed E-state index contributed by atoms with van der Waals surface area (Å²) in [5.74, 6) is 6.10. The zero-order valence-electron chi connectivity index (χ0n) is 16.3. The number of anilines is 4. The summed E-state index contributed by atoms with van der Waals surface area (Å²) in [6.45, 7) is 3.95. The van der Waals surface area contributed by atoms with Crippen molar-refractivity contribution < 1.29 is 4.74 Å². The molecule has 9 heteroatoms. The number of pyridine rings is 1. The number of hydrogen-bond acceptors (Lipinski definition) is 9. The van der Waals surface area contributed by atoms with E-state index in [4.69, 9.17) is 27.8 Å². The Morgan fingerprint density at radius 2 is 1.93 bits per heavy atom. The quantitative estimate of drug-likeness (QED) is 0.264. The number of nitrogens with zero attached hydrogens (tertiary/aromatic N) is 3. The summed E-state index contributed by atoms with van der Waals surface area (Å²) in [6.07, 6.45) is 3.74. The van der Waals surface area contributed by atoms with Gasteiger partial charge in [-0.15, -0.1) is 0 Å². The van der Waals surface area contributed by atoms with Gasteiger partial charge in [-0.25, -0.2) is 10.8 Å². The monoisotopic (exact) mass is 396 g/mol. The Labute approximate surface area is 170 Å². The van der Waals surface area contributed by atoms with Crippen molar-refractivity contribution in [1.82, 2.24) is 4.98 Å². The molecule has 1 fully saturated rings. The molecule has 0 aliphatic carbocycles. The van der Waals surface area contributed by atoms with Gasteiger partial charge in [0, 0.05) is 31.4 Å². The van der Waals surface area contributed by atoms with Crippen LogP contribution in [0, 0.1) is 0 Å². The molecule has 154 valence electrons. The van der Waals surface area contributed by atoms with Gasteiger partial charge in [-0.3, -0.25) is 4.99 Å². The summed E-state index contributed by atoms with van der Waals surface area (Å²) < 4.78 is 5.40. The highest BCUT2D eigenvalue weighted by atomic mass is 16.5. The van der Waals surface area contributed by atoms with E-state index in [1.54, 1.807) is 12.3 Å². The van der Waals surface area contributed by atoms with Crippen LogP contribution in [-0.4, -0.2) is 37.5 Å². The molecule has 0 saturated carbocycles. The molecule has 0 spiro atoms. The van der Waals surface area contributed by atoms with E-state index in [1.807, 2.05) is 0 Å². The van der Waals surface area contributed by atoms with Crippen LogP contribution in [0.3, 0.4) is 0 Å². The van der Waals surface area contributed by atoms with E-state index < -0.39 is 0 Å². The lowest BCUT2D eigenvalue weighted by atomic mass is 10.1. The van der Waals surface area contributed by atoms with Crippen molar-refractivity contribution in [1.29, 1.82) is 0 Å². The van der Waals surface area contributed by atoms with Gasteiger partial charge in [0.1, 0.15) is 5.82 Å². The highest BCUT2D eigenvalue weighted by Crippen LogP contribution is 2.24. The Hall–Kier alpha value is -3.30. The maximum Gasteiger partial charge on any atom is 0.165 e. The summed E-state index contributed by atoms with van der Waals surface area (Å²) in [6, 6.07) is 10.1. The summed E-state index contributed by atoms with van der Waals surface area (Å²) in [5, 5.41) is 0. The van der Waals surface area contributed by atoms with Crippen molar-refractivity contribution in [3.8, 4) is 0 Å². The molecular weight excluding hydrogens is 368 g/mol.